The first-order chi connectivity index (χ1) is 7.15. The van der Waals surface area contributed by atoms with Crippen LogP contribution in [0, 0.1) is 10.1 Å². The highest BCUT2D eigenvalue weighted by atomic mass is 32.2. The maximum Gasteiger partial charge on any atom is 0.269 e. The summed E-state index contributed by atoms with van der Waals surface area (Å²) in [5.41, 5.74) is 2.13. The normalized spacial score (nSPS) is 9.93. The molecule has 0 aliphatic rings. The van der Waals surface area contributed by atoms with E-state index in [4.69, 9.17) is 0 Å². The van der Waals surface area contributed by atoms with Crippen molar-refractivity contribution in [3.8, 4) is 0 Å². The highest BCUT2D eigenvalue weighted by Crippen LogP contribution is 2.20. The minimum Gasteiger partial charge on any atom is -0.258 e. The largest absolute Gasteiger partial charge is 0.269 e. The van der Waals surface area contributed by atoms with E-state index in [1.165, 1.54) is 12.1 Å². The van der Waals surface area contributed by atoms with Crippen LogP contribution in [0.15, 0.2) is 30.8 Å². The molecule has 1 aromatic carbocycles. The first-order valence-electron chi connectivity index (χ1n) is 4.56. The van der Waals surface area contributed by atoms with Crippen LogP contribution in [0.5, 0.6) is 0 Å². The number of benzene rings is 1. The molecule has 1 rings (SSSR count). The summed E-state index contributed by atoms with van der Waals surface area (Å²) in [6, 6.07) is 6.53. The van der Waals surface area contributed by atoms with Crippen LogP contribution in [0.1, 0.15) is 12.0 Å². The molecule has 0 aliphatic carbocycles. The summed E-state index contributed by atoms with van der Waals surface area (Å²) < 4.78 is 0. The average molecular weight is 223 g/mol. The van der Waals surface area contributed by atoms with Crippen molar-refractivity contribution >= 4 is 23.0 Å². The van der Waals surface area contributed by atoms with Crippen molar-refractivity contribution in [1.29, 1.82) is 0 Å². The second-order valence-electron chi connectivity index (χ2n) is 3.15. The fourth-order valence-corrected chi connectivity index (χ4v) is 1.64. The van der Waals surface area contributed by atoms with Gasteiger partial charge in [0.05, 0.1) is 4.92 Å². The minimum absolute atomic E-state index is 0.122. The van der Waals surface area contributed by atoms with E-state index in [-0.39, 0.29) is 5.69 Å². The standard InChI is InChI=1S/C11H13NO2S/c1-9(7-8-15-2)10-3-5-11(6-4-10)12(13)14/h3-6H,1,7-8H2,2H3. The summed E-state index contributed by atoms with van der Waals surface area (Å²) in [6.45, 7) is 3.95. The molecule has 0 heterocycles. The van der Waals surface area contributed by atoms with Crippen LogP contribution in [0.2, 0.25) is 0 Å². The third-order valence-corrected chi connectivity index (χ3v) is 2.71. The predicted octanol–water partition coefficient (Wildman–Crippen LogP) is 3.36. The molecule has 4 heteroatoms. The minimum atomic E-state index is -0.394. The molecule has 0 radical (unpaired) electrons. The lowest BCUT2D eigenvalue weighted by Crippen LogP contribution is -1.89. The number of hydrogen-bond donors (Lipinski definition) is 0. The molecule has 0 unspecified atom stereocenters. The fourth-order valence-electron chi connectivity index (χ4n) is 1.19. The molecular weight excluding hydrogens is 210 g/mol. The summed E-state index contributed by atoms with van der Waals surface area (Å²) in [6.07, 6.45) is 2.96. The molecule has 0 aromatic heterocycles. The summed E-state index contributed by atoms with van der Waals surface area (Å²) in [4.78, 5) is 10.0. The number of nitro groups is 1. The Hall–Kier alpha value is -1.29. The van der Waals surface area contributed by atoms with Crippen LogP contribution in [-0.2, 0) is 0 Å². The lowest BCUT2D eigenvalue weighted by Gasteiger charge is -2.03. The first-order valence-corrected chi connectivity index (χ1v) is 5.96. The van der Waals surface area contributed by atoms with Crippen molar-refractivity contribution in [1.82, 2.24) is 0 Å². The summed E-state index contributed by atoms with van der Waals surface area (Å²) >= 11 is 1.76. The number of allylic oxidation sites excluding steroid dienone is 1. The molecule has 80 valence electrons. The predicted molar refractivity (Wildman–Crippen MR) is 65.1 cm³/mol. The second-order valence-corrected chi connectivity index (χ2v) is 4.14. The van der Waals surface area contributed by atoms with Crippen LogP contribution in [0.4, 0.5) is 5.69 Å². The van der Waals surface area contributed by atoms with Gasteiger partial charge >= 0.3 is 0 Å². The Morgan fingerprint density at radius 1 is 1.47 bits per heavy atom. The molecule has 1 aromatic rings. The molecule has 3 nitrogen and oxygen atoms in total. The van der Waals surface area contributed by atoms with Gasteiger partial charge in [0.2, 0.25) is 0 Å². The molecule has 15 heavy (non-hydrogen) atoms. The fraction of sp³-hybridized carbons (Fsp3) is 0.273. The monoisotopic (exact) mass is 223 g/mol. The Labute approximate surface area is 93.3 Å². The maximum absolute atomic E-state index is 10.4. The van der Waals surface area contributed by atoms with E-state index >= 15 is 0 Å². The zero-order valence-electron chi connectivity index (χ0n) is 8.60. The number of nitrogens with zero attached hydrogens (tertiary/aromatic N) is 1. The molecule has 0 bridgehead atoms. The molecule has 0 atom stereocenters. The van der Waals surface area contributed by atoms with Crippen molar-refractivity contribution in [2.45, 2.75) is 6.42 Å². The number of non-ortho nitro benzene ring substituents is 1. The van der Waals surface area contributed by atoms with E-state index in [9.17, 15) is 10.1 Å². The average Bonchev–Trinajstić information content (AvgIpc) is 2.26. The molecule has 0 aliphatic heterocycles. The summed E-state index contributed by atoms with van der Waals surface area (Å²) in [5.74, 6) is 1.02. The van der Waals surface area contributed by atoms with E-state index in [0.717, 1.165) is 23.3 Å². The van der Waals surface area contributed by atoms with Crippen LogP contribution in [-0.4, -0.2) is 16.9 Å². The first kappa shape index (κ1) is 11.8. The second kappa shape index (κ2) is 5.56. The van der Waals surface area contributed by atoms with Gasteiger partial charge in [-0.1, -0.05) is 6.58 Å². The molecule has 0 spiro atoms. The number of hydrogen-bond acceptors (Lipinski definition) is 3. The van der Waals surface area contributed by atoms with Gasteiger partial charge in [0.25, 0.3) is 5.69 Å². The van der Waals surface area contributed by atoms with Crippen molar-refractivity contribution in [2.24, 2.45) is 0 Å². The highest BCUT2D eigenvalue weighted by molar-refractivity contribution is 7.98. The zero-order valence-corrected chi connectivity index (χ0v) is 9.42. The van der Waals surface area contributed by atoms with Gasteiger partial charge in [-0.15, -0.1) is 0 Å². The summed E-state index contributed by atoms with van der Waals surface area (Å²) in [5, 5.41) is 10.4. The molecule has 0 N–H and O–H groups in total. The number of nitro benzene ring substituents is 1. The van der Waals surface area contributed by atoms with Gasteiger partial charge in [-0.3, -0.25) is 10.1 Å². The van der Waals surface area contributed by atoms with Gasteiger partial charge in [-0.2, -0.15) is 11.8 Å². The van der Waals surface area contributed by atoms with E-state index < -0.39 is 4.92 Å². The van der Waals surface area contributed by atoms with E-state index in [2.05, 4.69) is 6.58 Å². The van der Waals surface area contributed by atoms with E-state index in [1.807, 2.05) is 6.26 Å². The van der Waals surface area contributed by atoms with Crippen molar-refractivity contribution in [3.63, 3.8) is 0 Å². The van der Waals surface area contributed by atoms with Crippen LogP contribution >= 0.6 is 11.8 Å². The zero-order chi connectivity index (χ0) is 11.3. The van der Waals surface area contributed by atoms with Crippen LogP contribution in [0.3, 0.4) is 0 Å². The quantitative estimate of drug-likeness (QED) is 0.568. The van der Waals surface area contributed by atoms with E-state index in [0.29, 0.717) is 0 Å². The van der Waals surface area contributed by atoms with Gasteiger partial charge in [-0.05, 0) is 41.7 Å². The van der Waals surface area contributed by atoms with Crippen molar-refractivity contribution < 1.29 is 4.92 Å². The Balaban J connectivity index is 2.71. The van der Waals surface area contributed by atoms with Crippen LogP contribution < -0.4 is 0 Å². The van der Waals surface area contributed by atoms with E-state index in [1.54, 1.807) is 23.9 Å². The molecule has 0 saturated carbocycles. The SMILES string of the molecule is C=C(CCSC)c1ccc([N+](=O)[O-])cc1. The van der Waals surface area contributed by atoms with Gasteiger partial charge < -0.3 is 0 Å². The number of thioether (sulfide) groups is 1. The Bertz CT molecular complexity index is 359. The van der Waals surface area contributed by atoms with Crippen LogP contribution in [0.25, 0.3) is 5.57 Å². The third-order valence-electron chi connectivity index (χ3n) is 2.09. The molecule has 0 amide bonds. The van der Waals surface area contributed by atoms with Crippen molar-refractivity contribution in [2.75, 3.05) is 12.0 Å². The van der Waals surface area contributed by atoms with Gasteiger partial charge in [0, 0.05) is 12.1 Å². The third kappa shape index (κ3) is 3.40. The summed E-state index contributed by atoms with van der Waals surface area (Å²) in [7, 11) is 0. The Morgan fingerprint density at radius 2 is 2.07 bits per heavy atom. The van der Waals surface area contributed by atoms with Gasteiger partial charge in [-0.25, -0.2) is 0 Å². The number of rotatable bonds is 5. The lowest BCUT2D eigenvalue weighted by atomic mass is 10.1. The topological polar surface area (TPSA) is 43.1 Å². The molecular formula is C11H13NO2S. The lowest BCUT2D eigenvalue weighted by molar-refractivity contribution is -0.384. The van der Waals surface area contributed by atoms with Crippen molar-refractivity contribution in [3.05, 3.63) is 46.5 Å². The highest BCUT2D eigenvalue weighted by Gasteiger charge is 2.05. The van der Waals surface area contributed by atoms with Gasteiger partial charge in [0.15, 0.2) is 0 Å². The Kier molecular flexibility index (Phi) is 4.37. The molecule has 0 fully saturated rings. The Morgan fingerprint density at radius 3 is 2.53 bits per heavy atom. The van der Waals surface area contributed by atoms with Gasteiger partial charge in [0.1, 0.15) is 0 Å². The molecule has 0 saturated heterocycles. The smallest absolute Gasteiger partial charge is 0.258 e. The maximum atomic E-state index is 10.4.